The number of quaternary nitrogens is 1. The molecule has 0 amide bonds. The van der Waals surface area contributed by atoms with Crippen LogP contribution in [0, 0.1) is 0 Å². The molecule has 2 aromatic carbocycles. The first-order valence-electron chi connectivity index (χ1n) is 9.17. The number of aromatic nitrogens is 1. The van der Waals surface area contributed by atoms with Crippen molar-refractivity contribution in [1.29, 1.82) is 0 Å². The van der Waals surface area contributed by atoms with Crippen LogP contribution in [0.4, 0.5) is 0 Å². The summed E-state index contributed by atoms with van der Waals surface area (Å²) in [7, 11) is 2.43. The lowest BCUT2D eigenvalue weighted by atomic mass is 10.0. The van der Waals surface area contributed by atoms with E-state index in [0.717, 1.165) is 6.54 Å². The third-order valence-electron chi connectivity index (χ3n) is 5.57. The minimum Gasteiger partial charge on any atom is -1.00 e. The molecule has 0 spiro atoms. The zero-order chi connectivity index (χ0) is 16.6. The van der Waals surface area contributed by atoms with Crippen LogP contribution in [-0.2, 0) is 19.5 Å². The largest absolute Gasteiger partial charge is 1.00 e. The molecule has 0 bridgehead atoms. The summed E-state index contributed by atoms with van der Waals surface area (Å²) < 4.78 is 3.75. The molecular weight excluding hydrogens is 372 g/mol. The van der Waals surface area contributed by atoms with Crippen LogP contribution in [0.2, 0.25) is 0 Å². The van der Waals surface area contributed by atoms with Crippen LogP contribution in [0.15, 0.2) is 54.6 Å². The molecule has 0 radical (unpaired) electrons. The predicted octanol–water partition coefficient (Wildman–Crippen LogP) is 1.61. The van der Waals surface area contributed by atoms with Gasteiger partial charge in [-0.25, -0.2) is 0 Å². The summed E-state index contributed by atoms with van der Waals surface area (Å²) in [5.41, 5.74) is 5.93. The number of fused-ring (bicyclic) bond motifs is 3. The molecule has 0 aliphatic carbocycles. The number of halogens is 1. The van der Waals surface area contributed by atoms with Gasteiger partial charge in [0, 0.05) is 35.1 Å². The van der Waals surface area contributed by atoms with Gasteiger partial charge in [0.15, 0.2) is 0 Å². The Morgan fingerprint density at radius 1 is 1.00 bits per heavy atom. The second kappa shape index (κ2) is 7.35. The molecule has 0 N–H and O–H groups in total. The lowest BCUT2D eigenvalue weighted by Crippen LogP contribution is -3.00. The summed E-state index contributed by atoms with van der Waals surface area (Å²) in [6.45, 7) is 6.99. The van der Waals surface area contributed by atoms with Crippen LogP contribution in [-0.4, -0.2) is 29.2 Å². The molecule has 0 saturated carbocycles. The Hall–Kier alpha value is -1.58. The summed E-state index contributed by atoms with van der Waals surface area (Å²) in [5, 5.41) is 1.46. The number of hydrogen-bond donors (Lipinski definition) is 0. The number of nitrogens with zero attached hydrogens (tertiary/aromatic N) is 2. The first-order chi connectivity index (χ1) is 11.7. The first-order valence-corrected chi connectivity index (χ1v) is 9.17. The molecule has 3 heteroatoms. The fourth-order valence-electron chi connectivity index (χ4n) is 4.40. The summed E-state index contributed by atoms with van der Waals surface area (Å²) in [4.78, 5) is 0. The molecule has 0 saturated heterocycles. The highest BCUT2D eigenvalue weighted by Crippen LogP contribution is 2.33. The monoisotopic (exact) mass is 398 g/mol. The van der Waals surface area contributed by atoms with Gasteiger partial charge >= 0.3 is 0 Å². The molecular formula is C22H27BrN2. The van der Waals surface area contributed by atoms with Gasteiger partial charge in [0.2, 0.25) is 0 Å². The quantitative estimate of drug-likeness (QED) is 0.588. The number of para-hydroxylation sites is 1. The highest BCUT2D eigenvalue weighted by molar-refractivity contribution is 5.85. The van der Waals surface area contributed by atoms with Crippen molar-refractivity contribution >= 4 is 10.9 Å². The molecule has 2 nitrogen and oxygen atoms in total. The zero-order valence-corrected chi connectivity index (χ0v) is 16.8. The van der Waals surface area contributed by atoms with Gasteiger partial charge in [-0.15, -0.1) is 0 Å². The average molecular weight is 399 g/mol. The Morgan fingerprint density at radius 2 is 1.72 bits per heavy atom. The van der Waals surface area contributed by atoms with Gasteiger partial charge in [0.05, 0.1) is 20.1 Å². The minimum atomic E-state index is 0. The lowest BCUT2D eigenvalue weighted by Gasteiger charge is -2.38. The molecule has 4 rings (SSSR count). The summed E-state index contributed by atoms with van der Waals surface area (Å²) in [5.74, 6) is 0. The molecule has 2 heterocycles. The Balaban J connectivity index is 0.00000182. The minimum absolute atomic E-state index is 0. The third-order valence-corrected chi connectivity index (χ3v) is 5.57. The number of rotatable bonds is 4. The van der Waals surface area contributed by atoms with E-state index in [2.05, 4.69) is 73.1 Å². The van der Waals surface area contributed by atoms with Crippen LogP contribution in [0.1, 0.15) is 30.2 Å². The van der Waals surface area contributed by atoms with Gasteiger partial charge in [-0.05, 0) is 18.1 Å². The van der Waals surface area contributed by atoms with Gasteiger partial charge in [-0.2, -0.15) is 0 Å². The number of likely N-dealkylation sites (N-methyl/N-ethyl adjacent to an activating group) is 1. The smallest absolute Gasteiger partial charge is 0.107 e. The molecule has 25 heavy (non-hydrogen) atoms. The third kappa shape index (κ3) is 3.40. The van der Waals surface area contributed by atoms with Crippen molar-refractivity contribution in [2.75, 3.05) is 20.1 Å². The Bertz CT molecular complexity index is 853. The van der Waals surface area contributed by atoms with Crippen LogP contribution in [0.3, 0.4) is 0 Å². The van der Waals surface area contributed by atoms with Crippen molar-refractivity contribution in [1.82, 2.24) is 4.57 Å². The van der Waals surface area contributed by atoms with E-state index >= 15 is 0 Å². The maximum atomic E-state index is 2.56. The molecule has 3 aromatic rings. The van der Waals surface area contributed by atoms with E-state index in [1.165, 1.54) is 53.4 Å². The maximum absolute atomic E-state index is 2.56. The summed E-state index contributed by atoms with van der Waals surface area (Å²) in [6.07, 6.45) is 2.45. The zero-order valence-electron chi connectivity index (χ0n) is 15.2. The van der Waals surface area contributed by atoms with E-state index in [4.69, 9.17) is 0 Å². The van der Waals surface area contributed by atoms with Crippen LogP contribution < -0.4 is 17.0 Å². The second-order valence-electron chi connectivity index (χ2n) is 7.49. The summed E-state index contributed by atoms with van der Waals surface area (Å²) in [6, 6.07) is 19.8. The van der Waals surface area contributed by atoms with Gasteiger partial charge in [-0.3, -0.25) is 0 Å². The van der Waals surface area contributed by atoms with Gasteiger partial charge in [0.1, 0.15) is 6.54 Å². The van der Waals surface area contributed by atoms with Crippen molar-refractivity contribution in [3.63, 3.8) is 0 Å². The van der Waals surface area contributed by atoms with E-state index in [1.54, 1.807) is 11.3 Å². The van der Waals surface area contributed by atoms with Crippen molar-refractivity contribution < 1.29 is 21.5 Å². The van der Waals surface area contributed by atoms with Gasteiger partial charge < -0.3 is 26.0 Å². The average Bonchev–Trinajstić information content (AvgIpc) is 2.89. The first kappa shape index (κ1) is 18.2. The lowest BCUT2D eigenvalue weighted by molar-refractivity contribution is -0.924. The van der Waals surface area contributed by atoms with Gasteiger partial charge in [0.25, 0.3) is 0 Å². The van der Waals surface area contributed by atoms with Crippen molar-refractivity contribution in [3.05, 3.63) is 71.4 Å². The van der Waals surface area contributed by atoms with Crippen molar-refractivity contribution in [3.8, 4) is 0 Å². The highest BCUT2D eigenvalue weighted by Gasteiger charge is 2.32. The fourth-order valence-corrected chi connectivity index (χ4v) is 4.40. The molecule has 1 aromatic heterocycles. The van der Waals surface area contributed by atoms with E-state index in [-0.39, 0.29) is 17.0 Å². The molecule has 1 unspecified atom stereocenters. The topological polar surface area (TPSA) is 4.93 Å². The molecule has 1 aliphatic heterocycles. The van der Waals surface area contributed by atoms with Crippen molar-refractivity contribution in [2.45, 2.75) is 32.9 Å². The van der Waals surface area contributed by atoms with Crippen LogP contribution in [0.25, 0.3) is 10.9 Å². The molecule has 0 fully saturated rings. The van der Waals surface area contributed by atoms with E-state index < -0.39 is 0 Å². The molecule has 132 valence electrons. The second-order valence-corrected chi connectivity index (χ2v) is 7.49. The maximum Gasteiger partial charge on any atom is 0.107 e. The fraction of sp³-hybridized carbons (Fsp3) is 0.364. The van der Waals surface area contributed by atoms with E-state index in [1.807, 2.05) is 0 Å². The number of hydrogen-bond acceptors (Lipinski definition) is 0. The Labute approximate surface area is 161 Å². The Morgan fingerprint density at radius 3 is 2.48 bits per heavy atom. The highest BCUT2D eigenvalue weighted by atomic mass is 79.9. The van der Waals surface area contributed by atoms with Crippen LogP contribution in [0.5, 0.6) is 0 Å². The van der Waals surface area contributed by atoms with E-state index in [0.29, 0.717) is 0 Å². The molecule has 1 aliphatic rings. The predicted molar refractivity (Wildman–Crippen MR) is 101 cm³/mol. The van der Waals surface area contributed by atoms with Crippen LogP contribution >= 0.6 is 0 Å². The molecule has 1 atom stereocenters. The summed E-state index contributed by atoms with van der Waals surface area (Å²) >= 11 is 0. The normalized spacial score (nSPS) is 19.4. The Kier molecular flexibility index (Phi) is 5.35. The van der Waals surface area contributed by atoms with E-state index in [9.17, 15) is 0 Å². The standard InChI is InChI=1S/C22H27N2.BrH/c1-3-14-24(2)15-13-22-20(17-24)19-11-7-8-12-21(19)23(22)16-18-9-5-4-6-10-18;/h4-12H,3,13-17H2,1-2H3;1H/q+1;/p-1. The SMILES string of the molecule is CCC[N+]1(C)CCc2c(c3ccccc3n2Cc2ccccc2)C1.[Br-]. The number of benzene rings is 2. The van der Waals surface area contributed by atoms with Crippen molar-refractivity contribution in [2.24, 2.45) is 0 Å². The van der Waals surface area contributed by atoms with Gasteiger partial charge in [-0.1, -0.05) is 55.5 Å².